The van der Waals surface area contributed by atoms with E-state index in [0.717, 1.165) is 12.8 Å². The smallest absolute Gasteiger partial charge is 0.318 e. The molecule has 1 fully saturated rings. The van der Waals surface area contributed by atoms with Gasteiger partial charge in [-0.15, -0.1) is 0 Å². The molecule has 0 aromatic heterocycles. The van der Waals surface area contributed by atoms with Crippen LogP contribution in [0.5, 0.6) is 0 Å². The zero-order valence-corrected chi connectivity index (χ0v) is 8.79. The minimum Gasteiger partial charge on any atom is -0.335 e. The van der Waals surface area contributed by atoms with E-state index in [1.807, 2.05) is 19.9 Å². The van der Waals surface area contributed by atoms with Gasteiger partial charge in [-0.05, 0) is 33.1 Å². The predicted molar refractivity (Wildman–Crippen MR) is 53.6 cm³/mol. The second kappa shape index (κ2) is 4.85. The van der Waals surface area contributed by atoms with Gasteiger partial charge in [-0.25, -0.2) is 4.79 Å². The van der Waals surface area contributed by atoms with Gasteiger partial charge < -0.3 is 10.2 Å². The maximum Gasteiger partial charge on any atom is 0.318 e. The van der Waals surface area contributed by atoms with Crippen molar-refractivity contribution in [3.05, 3.63) is 0 Å². The van der Waals surface area contributed by atoms with Crippen LogP contribution in [-0.4, -0.2) is 29.6 Å². The van der Waals surface area contributed by atoms with Crippen LogP contribution in [0.1, 0.15) is 33.1 Å². The fourth-order valence-corrected chi connectivity index (χ4v) is 1.38. The Kier molecular flexibility index (Phi) is 3.75. The molecule has 0 atom stereocenters. The largest absolute Gasteiger partial charge is 0.335 e. The quantitative estimate of drug-likeness (QED) is 0.693. The molecule has 0 spiro atoms. The molecule has 0 heterocycles. The molecule has 4 heteroatoms. The third kappa shape index (κ3) is 2.63. The molecule has 4 nitrogen and oxygen atoms in total. The molecule has 0 aliphatic heterocycles. The van der Waals surface area contributed by atoms with Gasteiger partial charge in [0, 0.05) is 12.1 Å². The first-order valence-corrected chi connectivity index (χ1v) is 5.09. The lowest BCUT2D eigenvalue weighted by molar-refractivity contribution is 0.180. The Hall–Kier alpha value is -1.24. The number of nitrogens with zero attached hydrogens (tertiary/aromatic N) is 2. The summed E-state index contributed by atoms with van der Waals surface area (Å²) < 4.78 is 0. The van der Waals surface area contributed by atoms with Crippen molar-refractivity contribution in [3.8, 4) is 6.07 Å². The fourth-order valence-electron chi connectivity index (χ4n) is 1.38. The molecule has 1 saturated carbocycles. The normalized spacial score (nSPS) is 15.9. The average molecular weight is 195 g/mol. The topological polar surface area (TPSA) is 56.1 Å². The van der Waals surface area contributed by atoms with E-state index < -0.39 is 0 Å². The van der Waals surface area contributed by atoms with Crippen LogP contribution in [-0.2, 0) is 0 Å². The standard InChI is InChI=1S/C10H17N3O/c1-8(2)13(7-6-11)10(14)12-9-4-3-5-9/h8-9H,3-5,7H2,1-2H3,(H,12,14). The summed E-state index contributed by atoms with van der Waals surface area (Å²) in [6.45, 7) is 3.99. The molecule has 0 unspecified atom stereocenters. The predicted octanol–water partition coefficient (Wildman–Crippen LogP) is 1.48. The zero-order valence-electron chi connectivity index (χ0n) is 8.79. The summed E-state index contributed by atoms with van der Waals surface area (Å²) in [7, 11) is 0. The minimum atomic E-state index is -0.105. The Morgan fingerprint density at radius 2 is 2.29 bits per heavy atom. The highest BCUT2D eigenvalue weighted by atomic mass is 16.2. The molecule has 2 amide bonds. The highest BCUT2D eigenvalue weighted by Crippen LogP contribution is 2.18. The SMILES string of the molecule is CC(C)N(CC#N)C(=O)NC1CCC1. The molecule has 1 rings (SSSR count). The summed E-state index contributed by atoms with van der Waals surface area (Å²) in [5.41, 5.74) is 0. The molecule has 0 saturated heterocycles. The number of carbonyl (C=O) groups excluding carboxylic acids is 1. The summed E-state index contributed by atoms with van der Waals surface area (Å²) in [5.74, 6) is 0. The Bertz CT molecular complexity index is 240. The molecule has 14 heavy (non-hydrogen) atoms. The maximum atomic E-state index is 11.6. The van der Waals surface area contributed by atoms with Crippen molar-refractivity contribution in [2.24, 2.45) is 0 Å². The third-order valence-electron chi connectivity index (χ3n) is 2.56. The number of hydrogen-bond acceptors (Lipinski definition) is 2. The Morgan fingerprint density at radius 3 is 2.64 bits per heavy atom. The van der Waals surface area contributed by atoms with Gasteiger partial charge in [0.05, 0.1) is 6.07 Å². The van der Waals surface area contributed by atoms with Crippen molar-refractivity contribution in [3.63, 3.8) is 0 Å². The second-order valence-corrected chi connectivity index (χ2v) is 3.96. The van der Waals surface area contributed by atoms with Crippen molar-refractivity contribution >= 4 is 6.03 Å². The lowest BCUT2D eigenvalue weighted by Crippen LogP contribution is -2.49. The number of carbonyl (C=O) groups is 1. The highest BCUT2D eigenvalue weighted by molar-refractivity contribution is 5.75. The Labute approximate surface area is 84.9 Å². The second-order valence-electron chi connectivity index (χ2n) is 3.96. The summed E-state index contributed by atoms with van der Waals surface area (Å²) in [6, 6.07) is 2.31. The zero-order chi connectivity index (χ0) is 10.6. The van der Waals surface area contributed by atoms with E-state index in [9.17, 15) is 4.79 Å². The number of urea groups is 1. The van der Waals surface area contributed by atoms with Gasteiger partial charge >= 0.3 is 6.03 Å². The molecule has 0 aromatic rings. The summed E-state index contributed by atoms with van der Waals surface area (Å²) in [5, 5.41) is 11.5. The molecule has 1 aliphatic carbocycles. The van der Waals surface area contributed by atoms with Crippen molar-refractivity contribution in [1.29, 1.82) is 5.26 Å². The average Bonchev–Trinajstić information content (AvgIpc) is 2.06. The summed E-state index contributed by atoms with van der Waals surface area (Å²) in [4.78, 5) is 13.2. The minimum absolute atomic E-state index is 0.0785. The van der Waals surface area contributed by atoms with Crippen LogP contribution in [0.3, 0.4) is 0 Å². The molecule has 0 bridgehead atoms. The molecular weight excluding hydrogens is 178 g/mol. The first kappa shape index (κ1) is 10.8. The first-order valence-electron chi connectivity index (χ1n) is 5.09. The van der Waals surface area contributed by atoms with Gasteiger partial charge in [-0.2, -0.15) is 5.26 Å². The molecule has 78 valence electrons. The van der Waals surface area contributed by atoms with Gasteiger partial charge in [-0.3, -0.25) is 0 Å². The van der Waals surface area contributed by atoms with E-state index in [0.29, 0.717) is 6.04 Å². The summed E-state index contributed by atoms with van der Waals surface area (Å²) >= 11 is 0. The molecule has 1 aliphatic rings. The number of nitriles is 1. The van der Waals surface area contributed by atoms with Gasteiger partial charge in [0.1, 0.15) is 6.54 Å². The van der Waals surface area contributed by atoms with E-state index >= 15 is 0 Å². The summed E-state index contributed by atoms with van der Waals surface area (Å²) in [6.07, 6.45) is 3.35. The molecule has 0 radical (unpaired) electrons. The number of rotatable bonds is 3. The van der Waals surface area contributed by atoms with Crippen LogP contribution in [0.25, 0.3) is 0 Å². The number of nitrogens with one attached hydrogen (secondary N) is 1. The third-order valence-corrected chi connectivity index (χ3v) is 2.56. The molecule has 1 N–H and O–H groups in total. The van der Waals surface area contributed by atoms with E-state index in [1.165, 1.54) is 6.42 Å². The Balaban J connectivity index is 2.41. The number of amides is 2. The van der Waals surface area contributed by atoms with Gasteiger partial charge in [0.25, 0.3) is 0 Å². The number of hydrogen-bond donors (Lipinski definition) is 1. The van der Waals surface area contributed by atoms with Gasteiger partial charge in [0.2, 0.25) is 0 Å². The van der Waals surface area contributed by atoms with Crippen LogP contribution >= 0.6 is 0 Å². The lowest BCUT2D eigenvalue weighted by Gasteiger charge is -2.31. The van der Waals surface area contributed by atoms with E-state index in [4.69, 9.17) is 5.26 Å². The Morgan fingerprint density at radius 1 is 1.64 bits per heavy atom. The van der Waals surface area contributed by atoms with Crippen molar-refractivity contribution < 1.29 is 4.79 Å². The van der Waals surface area contributed by atoms with Crippen LogP contribution in [0, 0.1) is 11.3 Å². The molecular formula is C10H17N3O. The van der Waals surface area contributed by atoms with Crippen molar-refractivity contribution in [2.45, 2.75) is 45.2 Å². The fraction of sp³-hybridized carbons (Fsp3) is 0.800. The van der Waals surface area contributed by atoms with Gasteiger partial charge in [0.15, 0.2) is 0 Å². The van der Waals surface area contributed by atoms with E-state index in [1.54, 1.807) is 4.90 Å². The van der Waals surface area contributed by atoms with Crippen molar-refractivity contribution in [1.82, 2.24) is 10.2 Å². The molecule has 0 aromatic carbocycles. The maximum absolute atomic E-state index is 11.6. The lowest BCUT2D eigenvalue weighted by atomic mass is 9.93. The van der Waals surface area contributed by atoms with Crippen LogP contribution in [0.15, 0.2) is 0 Å². The van der Waals surface area contributed by atoms with Crippen LogP contribution < -0.4 is 5.32 Å². The highest BCUT2D eigenvalue weighted by Gasteiger charge is 2.23. The van der Waals surface area contributed by atoms with Gasteiger partial charge in [-0.1, -0.05) is 0 Å². The first-order chi connectivity index (χ1) is 6.65. The van der Waals surface area contributed by atoms with Crippen LogP contribution in [0.2, 0.25) is 0 Å². The van der Waals surface area contributed by atoms with Crippen LogP contribution in [0.4, 0.5) is 4.79 Å². The van der Waals surface area contributed by atoms with E-state index in [-0.39, 0.29) is 18.6 Å². The van der Waals surface area contributed by atoms with Crippen molar-refractivity contribution in [2.75, 3.05) is 6.54 Å². The monoisotopic (exact) mass is 195 g/mol. The van der Waals surface area contributed by atoms with E-state index in [2.05, 4.69) is 5.32 Å².